The Morgan fingerprint density at radius 3 is 2.58 bits per heavy atom. The van der Waals surface area contributed by atoms with Crippen LogP contribution >= 0.6 is 11.8 Å². The predicted molar refractivity (Wildman–Crippen MR) is 135 cm³/mol. The van der Waals surface area contributed by atoms with Crippen molar-refractivity contribution in [2.24, 2.45) is 0 Å². The average molecular weight is 505 g/mol. The van der Waals surface area contributed by atoms with E-state index in [1.54, 1.807) is 30.3 Å². The molecule has 0 radical (unpaired) electrons. The van der Waals surface area contributed by atoms with Crippen LogP contribution in [-0.2, 0) is 11.2 Å². The van der Waals surface area contributed by atoms with Crippen LogP contribution < -0.4 is 19.7 Å². The smallest absolute Gasteiger partial charge is 0.290 e. The number of benzene rings is 1. The van der Waals surface area contributed by atoms with E-state index in [9.17, 15) is 9.59 Å². The van der Waals surface area contributed by atoms with Gasteiger partial charge in [-0.05, 0) is 47.5 Å². The molecule has 184 valence electrons. The van der Waals surface area contributed by atoms with E-state index in [0.717, 1.165) is 61.2 Å². The van der Waals surface area contributed by atoms with Crippen LogP contribution in [0.5, 0.6) is 17.5 Å². The van der Waals surface area contributed by atoms with E-state index < -0.39 is 5.91 Å². The van der Waals surface area contributed by atoms with Crippen molar-refractivity contribution in [2.75, 3.05) is 18.0 Å². The van der Waals surface area contributed by atoms with Gasteiger partial charge < -0.3 is 14.4 Å². The fraction of sp³-hybridized carbons (Fsp3) is 0.280. The zero-order chi connectivity index (χ0) is 24.9. The van der Waals surface area contributed by atoms with Gasteiger partial charge in [-0.2, -0.15) is 0 Å². The van der Waals surface area contributed by atoms with Gasteiger partial charge >= 0.3 is 0 Å². The number of hydrogen-bond acceptors (Lipinski definition) is 10. The van der Waals surface area contributed by atoms with Gasteiger partial charge in [-0.1, -0.05) is 19.1 Å². The summed E-state index contributed by atoms with van der Waals surface area (Å²) in [6, 6.07) is 8.82. The number of carbonyl (C=O) groups excluding carboxylic acids is 2. The van der Waals surface area contributed by atoms with E-state index in [-0.39, 0.29) is 11.3 Å². The molecule has 0 saturated carbocycles. The number of imide groups is 1. The number of rotatable bonds is 7. The summed E-state index contributed by atoms with van der Waals surface area (Å²) in [4.78, 5) is 43.0. The van der Waals surface area contributed by atoms with Crippen LogP contribution in [0.3, 0.4) is 0 Å². The first-order valence-corrected chi connectivity index (χ1v) is 12.4. The highest BCUT2D eigenvalue weighted by Gasteiger charge is 2.25. The van der Waals surface area contributed by atoms with Crippen LogP contribution in [0.4, 0.5) is 10.7 Å². The Labute approximate surface area is 212 Å². The lowest BCUT2D eigenvalue weighted by atomic mass is 10.1. The normalized spacial score (nSPS) is 17.4. The number of hydrogen-bond donors (Lipinski definition) is 1. The number of ether oxygens (including phenoxy) is 2. The summed E-state index contributed by atoms with van der Waals surface area (Å²) in [7, 11) is 0. The van der Waals surface area contributed by atoms with Crippen LogP contribution in [-0.4, -0.2) is 50.3 Å². The zero-order valence-electron chi connectivity index (χ0n) is 19.6. The molecule has 10 nitrogen and oxygen atoms in total. The lowest BCUT2D eigenvalue weighted by Crippen LogP contribution is -2.39. The Hall–Kier alpha value is -3.99. The molecule has 5 rings (SSSR count). The Kier molecular flexibility index (Phi) is 7.08. The SMILES string of the molecule is CCc1cnc(N2CCC(Oc3cc(Oc4cccc(/C=C5/SC(=O)NC5=O)c4)ncn3)CC2)nc1. The molecule has 2 fully saturated rings. The number of aromatic nitrogens is 4. The Balaban J connectivity index is 1.18. The second kappa shape index (κ2) is 10.7. The van der Waals surface area contributed by atoms with E-state index in [0.29, 0.717) is 22.4 Å². The number of nitrogens with one attached hydrogen (secondary N) is 1. The van der Waals surface area contributed by atoms with Crippen molar-refractivity contribution in [1.29, 1.82) is 0 Å². The molecule has 2 saturated heterocycles. The molecule has 0 bridgehead atoms. The van der Waals surface area contributed by atoms with Gasteiger partial charge in [-0.15, -0.1) is 0 Å². The molecule has 1 N–H and O–H groups in total. The molecular weight excluding hydrogens is 480 g/mol. The van der Waals surface area contributed by atoms with Crippen LogP contribution in [0.1, 0.15) is 30.9 Å². The number of aryl methyl sites for hydroxylation is 1. The van der Waals surface area contributed by atoms with Crippen molar-refractivity contribution < 1.29 is 19.1 Å². The maximum Gasteiger partial charge on any atom is 0.290 e. The van der Waals surface area contributed by atoms with Gasteiger partial charge in [-0.3, -0.25) is 14.9 Å². The summed E-state index contributed by atoms with van der Waals surface area (Å²) >= 11 is 0.871. The van der Waals surface area contributed by atoms with Gasteiger partial charge in [-0.25, -0.2) is 19.9 Å². The number of thioether (sulfide) groups is 1. The number of piperidine rings is 1. The molecule has 36 heavy (non-hydrogen) atoms. The third kappa shape index (κ3) is 5.80. The maximum absolute atomic E-state index is 11.8. The second-order valence-electron chi connectivity index (χ2n) is 8.27. The van der Waals surface area contributed by atoms with Crippen LogP contribution in [0.2, 0.25) is 0 Å². The molecule has 0 aliphatic carbocycles. The summed E-state index contributed by atoms with van der Waals surface area (Å²) in [6.07, 6.45) is 9.39. The van der Waals surface area contributed by atoms with E-state index >= 15 is 0 Å². The lowest BCUT2D eigenvalue weighted by Gasteiger charge is -2.31. The summed E-state index contributed by atoms with van der Waals surface area (Å²) in [5.41, 5.74) is 1.85. The van der Waals surface area contributed by atoms with E-state index in [2.05, 4.69) is 37.1 Å². The minimum atomic E-state index is -0.401. The van der Waals surface area contributed by atoms with E-state index in [1.165, 1.54) is 6.33 Å². The molecule has 2 amide bonds. The molecule has 2 aromatic heterocycles. The standard InChI is InChI=1S/C25H24N6O4S/c1-2-16-13-26-24(27-14-16)31-8-6-18(7-9-31)34-21-12-22(29-15-28-21)35-19-5-3-4-17(10-19)11-20-23(32)30-25(33)36-20/h3-5,10-15,18H,2,6-9H2,1H3,(H,30,32,33)/b20-11+. The van der Waals surface area contributed by atoms with Crippen molar-refractivity contribution in [1.82, 2.24) is 25.3 Å². The van der Waals surface area contributed by atoms with Gasteiger partial charge in [0.25, 0.3) is 11.1 Å². The molecule has 11 heteroatoms. The minimum absolute atomic E-state index is 0.0200. The van der Waals surface area contributed by atoms with Crippen molar-refractivity contribution in [3.8, 4) is 17.5 Å². The average Bonchev–Trinajstić information content (AvgIpc) is 3.21. The van der Waals surface area contributed by atoms with Gasteiger partial charge in [0.2, 0.25) is 17.7 Å². The highest BCUT2D eigenvalue weighted by molar-refractivity contribution is 8.18. The minimum Gasteiger partial charge on any atom is -0.474 e. The van der Waals surface area contributed by atoms with E-state index in [4.69, 9.17) is 9.47 Å². The van der Waals surface area contributed by atoms with Gasteiger partial charge in [0.1, 0.15) is 18.2 Å². The molecule has 2 aliphatic heterocycles. The van der Waals surface area contributed by atoms with E-state index in [1.807, 2.05) is 18.5 Å². The molecule has 4 heterocycles. The first-order valence-electron chi connectivity index (χ1n) is 11.6. The second-order valence-corrected chi connectivity index (χ2v) is 9.29. The summed E-state index contributed by atoms with van der Waals surface area (Å²) in [6.45, 7) is 3.69. The molecule has 2 aliphatic rings. The van der Waals surface area contributed by atoms with Crippen LogP contribution in [0.15, 0.2) is 54.0 Å². The number of nitrogens with zero attached hydrogens (tertiary/aromatic N) is 5. The number of carbonyl (C=O) groups is 2. The number of anilines is 1. The summed E-state index contributed by atoms with van der Waals surface area (Å²) in [5, 5.41) is 1.86. The highest BCUT2D eigenvalue weighted by Crippen LogP contribution is 2.28. The van der Waals surface area contributed by atoms with Crippen molar-refractivity contribution in [2.45, 2.75) is 32.3 Å². The first kappa shape index (κ1) is 23.7. The molecular formula is C25H24N6O4S. The monoisotopic (exact) mass is 504 g/mol. The third-order valence-corrected chi connectivity index (χ3v) is 6.56. The van der Waals surface area contributed by atoms with Gasteiger partial charge in [0.15, 0.2) is 0 Å². The summed E-state index contributed by atoms with van der Waals surface area (Å²) in [5.74, 6) is 1.67. The molecule has 3 aromatic rings. The van der Waals surface area contributed by atoms with Crippen LogP contribution in [0.25, 0.3) is 6.08 Å². The molecule has 0 unspecified atom stereocenters. The largest absolute Gasteiger partial charge is 0.474 e. The fourth-order valence-electron chi connectivity index (χ4n) is 3.84. The van der Waals surface area contributed by atoms with Crippen LogP contribution in [0, 0.1) is 0 Å². The van der Waals surface area contributed by atoms with Crippen molar-refractivity contribution in [3.63, 3.8) is 0 Å². The molecule has 0 spiro atoms. The lowest BCUT2D eigenvalue weighted by molar-refractivity contribution is -0.115. The molecule has 1 aromatic carbocycles. The van der Waals surface area contributed by atoms with Gasteiger partial charge in [0, 0.05) is 38.3 Å². The maximum atomic E-state index is 11.8. The fourth-order valence-corrected chi connectivity index (χ4v) is 4.52. The Bertz CT molecular complexity index is 1290. The quantitative estimate of drug-likeness (QED) is 0.473. The highest BCUT2D eigenvalue weighted by atomic mass is 32.2. The Morgan fingerprint density at radius 2 is 1.86 bits per heavy atom. The van der Waals surface area contributed by atoms with Crippen molar-refractivity contribution >= 4 is 34.9 Å². The van der Waals surface area contributed by atoms with Crippen molar-refractivity contribution in [3.05, 3.63) is 65.1 Å². The first-order chi connectivity index (χ1) is 17.6. The predicted octanol–water partition coefficient (Wildman–Crippen LogP) is 3.99. The summed E-state index contributed by atoms with van der Waals surface area (Å²) < 4.78 is 12.0. The zero-order valence-corrected chi connectivity index (χ0v) is 20.4. The van der Waals surface area contributed by atoms with Gasteiger partial charge in [0.05, 0.1) is 11.0 Å². The third-order valence-electron chi connectivity index (χ3n) is 5.75. The topological polar surface area (TPSA) is 119 Å². The number of amides is 2. The Morgan fingerprint density at radius 1 is 1.08 bits per heavy atom. The molecule has 0 atom stereocenters.